The smallest absolute Gasteiger partial charge is 0.222 e. The van der Waals surface area contributed by atoms with E-state index in [0.717, 1.165) is 31.4 Å². The summed E-state index contributed by atoms with van der Waals surface area (Å²) >= 11 is 0. The Morgan fingerprint density at radius 2 is 2.08 bits per heavy atom. The first-order valence-electron chi connectivity index (χ1n) is 8.91. The number of aryl methyl sites for hydroxylation is 1. The van der Waals surface area contributed by atoms with Gasteiger partial charge in [-0.3, -0.25) is 9.59 Å². The summed E-state index contributed by atoms with van der Waals surface area (Å²) in [6.07, 6.45) is 4.42. The first-order chi connectivity index (χ1) is 11.6. The van der Waals surface area contributed by atoms with Crippen molar-refractivity contribution in [3.05, 3.63) is 29.8 Å². The SMILES string of the molecule is CCCC(=O)NC[C@@H]1CCCN(C(=O)CCc2ccccc2O)C1. The van der Waals surface area contributed by atoms with Gasteiger partial charge in [-0.1, -0.05) is 25.1 Å². The summed E-state index contributed by atoms with van der Waals surface area (Å²) in [5.41, 5.74) is 0.811. The molecule has 0 saturated carbocycles. The number of phenols is 1. The van der Waals surface area contributed by atoms with E-state index in [4.69, 9.17) is 0 Å². The van der Waals surface area contributed by atoms with Crippen LogP contribution in [0, 0.1) is 5.92 Å². The van der Waals surface area contributed by atoms with Crippen LogP contribution in [-0.4, -0.2) is 41.5 Å². The van der Waals surface area contributed by atoms with Crippen molar-refractivity contribution in [2.75, 3.05) is 19.6 Å². The molecule has 1 saturated heterocycles. The molecule has 1 aromatic carbocycles. The normalized spacial score (nSPS) is 17.5. The lowest BCUT2D eigenvalue weighted by atomic mass is 9.97. The summed E-state index contributed by atoms with van der Waals surface area (Å²) in [4.78, 5) is 25.9. The van der Waals surface area contributed by atoms with Crippen LogP contribution in [0.4, 0.5) is 0 Å². The maximum atomic E-state index is 12.4. The number of amides is 2. The lowest BCUT2D eigenvalue weighted by Gasteiger charge is -2.33. The van der Waals surface area contributed by atoms with Gasteiger partial charge in [0, 0.05) is 32.5 Å². The van der Waals surface area contributed by atoms with Gasteiger partial charge in [-0.25, -0.2) is 0 Å². The van der Waals surface area contributed by atoms with Gasteiger partial charge in [0.2, 0.25) is 11.8 Å². The van der Waals surface area contributed by atoms with Gasteiger partial charge in [-0.15, -0.1) is 0 Å². The van der Waals surface area contributed by atoms with Crippen LogP contribution in [0.5, 0.6) is 5.75 Å². The number of rotatable bonds is 7. The zero-order valence-electron chi connectivity index (χ0n) is 14.5. The second-order valence-electron chi connectivity index (χ2n) is 6.53. The summed E-state index contributed by atoms with van der Waals surface area (Å²) in [6, 6.07) is 7.15. The Balaban J connectivity index is 1.77. The van der Waals surface area contributed by atoms with Crippen LogP contribution in [0.15, 0.2) is 24.3 Å². The van der Waals surface area contributed by atoms with Crippen LogP contribution in [0.3, 0.4) is 0 Å². The summed E-state index contributed by atoms with van der Waals surface area (Å²) in [7, 11) is 0. The first kappa shape index (κ1) is 18.3. The molecule has 1 fully saturated rings. The van der Waals surface area contributed by atoms with Crippen LogP contribution in [0.2, 0.25) is 0 Å². The molecule has 5 heteroatoms. The average Bonchev–Trinajstić information content (AvgIpc) is 2.59. The topological polar surface area (TPSA) is 69.6 Å². The predicted molar refractivity (Wildman–Crippen MR) is 93.6 cm³/mol. The number of hydrogen-bond acceptors (Lipinski definition) is 3. The van der Waals surface area contributed by atoms with Crippen molar-refractivity contribution in [2.24, 2.45) is 5.92 Å². The molecule has 0 radical (unpaired) electrons. The standard InChI is InChI=1S/C19H28N2O3/c1-2-6-18(23)20-13-15-7-5-12-21(14-15)19(24)11-10-16-8-3-4-9-17(16)22/h3-4,8-9,15,22H,2,5-7,10-14H2,1H3,(H,20,23)/t15-/m0/s1. The Bertz CT molecular complexity index is 559. The third-order valence-corrected chi connectivity index (χ3v) is 4.54. The van der Waals surface area contributed by atoms with E-state index in [1.807, 2.05) is 24.0 Å². The fourth-order valence-corrected chi connectivity index (χ4v) is 3.15. The van der Waals surface area contributed by atoms with Crippen molar-refractivity contribution in [1.82, 2.24) is 10.2 Å². The minimum absolute atomic E-state index is 0.0977. The lowest BCUT2D eigenvalue weighted by molar-refractivity contribution is -0.132. The van der Waals surface area contributed by atoms with Crippen LogP contribution >= 0.6 is 0 Å². The van der Waals surface area contributed by atoms with Crippen molar-refractivity contribution in [3.8, 4) is 5.75 Å². The van der Waals surface area contributed by atoms with E-state index in [9.17, 15) is 14.7 Å². The molecule has 2 rings (SSSR count). The molecular formula is C19H28N2O3. The third-order valence-electron chi connectivity index (χ3n) is 4.54. The zero-order chi connectivity index (χ0) is 17.4. The number of carbonyl (C=O) groups is 2. The van der Waals surface area contributed by atoms with Gasteiger partial charge in [-0.05, 0) is 43.2 Å². The fourth-order valence-electron chi connectivity index (χ4n) is 3.15. The Labute approximate surface area is 144 Å². The number of nitrogens with one attached hydrogen (secondary N) is 1. The van der Waals surface area contributed by atoms with Crippen LogP contribution in [-0.2, 0) is 16.0 Å². The zero-order valence-corrected chi connectivity index (χ0v) is 14.5. The van der Waals surface area contributed by atoms with E-state index in [1.165, 1.54) is 0 Å². The molecule has 5 nitrogen and oxygen atoms in total. The largest absolute Gasteiger partial charge is 0.508 e. The molecule has 1 heterocycles. The van der Waals surface area contributed by atoms with E-state index in [-0.39, 0.29) is 17.6 Å². The highest BCUT2D eigenvalue weighted by molar-refractivity contribution is 5.77. The van der Waals surface area contributed by atoms with Gasteiger partial charge in [0.05, 0.1) is 0 Å². The van der Waals surface area contributed by atoms with Crippen molar-refractivity contribution < 1.29 is 14.7 Å². The fraction of sp³-hybridized carbons (Fsp3) is 0.579. The number of carbonyl (C=O) groups excluding carboxylic acids is 2. The Hall–Kier alpha value is -2.04. The summed E-state index contributed by atoms with van der Waals surface area (Å²) < 4.78 is 0. The maximum absolute atomic E-state index is 12.4. The minimum atomic E-state index is 0.0977. The number of hydrogen-bond donors (Lipinski definition) is 2. The predicted octanol–water partition coefficient (Wildman–Crippen LogP) is 2.48. The van der Waals surface area contributed by atoms with Crippen molar-refractivity contribution in [2.45, 2.75) is 45.4 Å². The number of piperidine rings is 1. The number of aromatic hydroxyl groups is 1. The molecule has 132 valence electrons. The molecular weight excluding hydrogens is 304 g/mol. The van der Waals surface area contributed by atoms with Gasteiger partial charge in [0.15, 0.2) is 0 Å². The molecule has 0 unspecified atom stereocenters. The Kier molecular flexibility index (Phi) is 7.09. The molecule has 2 amide bonds. The number of nitrogens with zero attached hydrogens (tertiary/aromatic N) is 1. The number of para-hydroxylation sites is 1. The Morgan fingerprint density at radius 3 is 2.83 bits per heavy atom. The number of likely N-dealkylation sites (tertiary alicyclic amines) is 1. The Morgan fingerprint density at radius 1 is 1.29 bits per heavy atom. The van der Waals surface area contributed by atoms with E-state index >= 15 is 0 Å². The molecule has 1 aliphatic rings. The van der Waals surface area contributed by atoms with Gasteiger partial charge in [-0.2, -0.15) is 0 Å². The summed E-state index contributed by atoms with van der Waals surface area (Å²) in [5, 5.41) is 12.7. The maximum Gasteiger partial charge on any atom is 0.222 e. The summed E-state index contributed by atoms with van der Waals surface area (Å²) in [5.74, 6) is 0.817. The second-order valence-corrected chi connectivity index (χ2v) is 6.53. The van der Waals surface area contributed by atoms with E-state index in [1.54, 1.807) is 12.1 Å². The van der Waals surface area contributed by atoms with Gasteiger partial charge < -0.3 is 15.3 Å². The highest BCUT2D eigenvalue weighted by Gasteiger charge is 2.23. The average molecular weight is 332 g/mol. The highest BCUT2D eigenvalue weighted by Crippen LogP contribution is 2.20. The van der Waals surface area contributed by atoms with E-state index in [2.05, 4.69) is 5.32 Å². The monoisotopic (exact) mass is 332 g/mol. The van der Waals surface area contributed by atoms with Gasteiger partial charge >= 0.3 is 0 Å². The molecule has 1 atom stereocenters. The molecule has 1 aromatic rings. The van der Waals surface area contributed by atoms with Crippen molar-refractivity contribution in [3.63, 3.8) is 0 Å². The molecule has 0 aromatic heterocycles. The molecule has 2 N–H and O–H groups in total. The third kappa shape index (κ3) is 5.55. The van der Waals surface area contributed by atoms with Crippen molar-refractivity contribution in [1.29, 1.82) is 0 Å². The van der Waals surface area contributed by atoms with E-state index in [0.29, 0.717) is 38.3 Å². The molecule has 1 aliphatic heterocycles. The van der Waals surface area contributed by atoms with Gasteiger partial charge in [0.25, 0.3) is 0 Å². The van der Waals surface area contributed by atoms with E-state index < -0.39 is 0 Å². The molecule has 0 aliphatic carbocycles. The lowest BCUT2D eigenvalue weighted by Crippen LogP contribution is -2.43. The van der Waals surface area contributed by atoms with Crippen molar-refractivity contribution >= 4 is 11.8 Å². The molecule has 0 spiro atoms. The highest BCUT2D eigenvalue weighted by atomic mass is 16.3. The number of benzene rings is 1. The first-order valence-corrected chi connectivity index (χ1v) is 8.91. The number of phenolic OH excluding ortho intramolecular Hbond substituents is 1. The molecule has 24 heavy (non-hydrogen) atoms. The van der Waals surface area contributed by atoms with Crippen LogP contribution in [0.1, 0.15) is 44.6 Å². The minimum Gasteiger partial charge on any atom is -0.508 e. The second kappa shape index (κ2) is 9.30. The van der Waals surface area contributed by atoms with Crippen LogP contribution in [0.25, 0.3) is 0 Å². The summed E-state index contributed by atoms with van der Waals surface area (Å²) in [6.45, 7) is 4.15. The quantitative estimate of drug-likeness (QED) is 0.806. The molecule has 0 bridgehead atoms. The van der Waals surface area contributed by atoms with Gasteiger partial charge in [0.1, 0.15) is 5.75 Å². The van der Waals surface area contributed by atoms with Crippen LogP contribution < -0.4 is 5.32 Å².